The summed E-state index contributed by atoms with van der Waals surface area (Å²) in [5.41, 5.74) is 1.82. The maximum Gasteiger partial charge on any atom is 0.159 e. The van der Waals surface area contributed by atoms with Gasteiger partial charge in [0.05, 0.1) is 0 Å². The molecule has 1 aliphatic heterocycles. The van der Waals surface area contributed by atoms with Gasteiger partial charge in [0, 0.05) is 5.56 Å². The Bertz CT molecular complexity index is 432. The standard InChI is InChI=1S/C14H18O2/c1-9-8-14(3,4)16-13-6-5-11(10(2)15)7-12(9)13/h5-7,9H,8H2,1-4H3. The zero-order valence-corrected chi connectivity index (χ0v) is 10.3. The van der Waals surface area contributed by atoms with Gasteiger partial charge in [-0.05, 0) is 56.9 Å². The molecule has 2 rings (SSSR count). The second kappa shape index (κ2) is 3.62. The Kier molecular flexibility index (Phi) is 2.53. The summed E-state index contributed by atoms with van der Waals surface area (Å²) in [5.74, 6) is 1.48. The monoisotopic (exact) mass is 218 g/mol. The van der Waals surface area contributed by atoms with Crippen LogP contribution in [0.1, 0.15) is 56.0 Å². The number of fused-ring (bicyclic) bond motifs is 1. The number of carbonyl (C=O) groups is 1. The van der Waals surface area contributed by atoms with E-state index < -0.39 is 0 Å². The molecule has 0 amide bonds. The van der Waals surface area contributed by atoms with E-state index in [4.69, 9.17) is 4.74 Å². The molecule has 0 aromatic heterocycles. The molecule has 1 unspecified atom stereocenters. The highest BCUT2D eigenvalue weighted by Gasteiger charge is 2.31. The molecule has 0 saturated carbocycles. The van der Waals surface area contributed by atoms with Crippen molar-refractivity contribution in [2.75, 3.05) is 0 Å². The Morgan fingerprint density at radius 2 is 2.12 bits per heavy atom. The van der Waals surface area contributed by atoms with Crippen LogP contribution >= 0.6 is 0 Å². The van der Waals surface area contributed by atoms with Crippen molar-refractivity contribution in [3.05, 3.63) is 29.3 Å². The highest BCUT2D eigenvalue weighted by atomic mass is 16.5. The largest absolute Gasteiger partial charge is 0.488 e. The van der Waals surface area contributed by atoms with E-state index in [2.05, 4.69) is 20.8 Å². The first-order valence-corrected chi connectivity index (χ1v) is 5.73. The molecule has 86 valence electrons. The van der Waals surface area contributed by atoms with Gasteiger partial charge in [0.25, 0.3) is 0 Å². The molecule has 16 heavy (non-hydrogen) atoms. The van der Waals surface area contributed by atoms with Crippen molar-refractivity contribution in [1.29, 1.82) is 0 Å². The second-order valence-electron chi connectivity index (χ2n) is 5.28. The van der Waals surface area contributed by atoms with Crippen LogP contribution in [0.15, 0.2) is 18.2 Å². The van der Waals surface area contributed by atoms with E-state index >= 15 is 0 Å². The molecule has 0 radical (unpaired) electrons. The van der Waals surface area contributed by atoms with E-state index in [0.717, 1.165) is 23.3 Å². The van der Waals surface area contributed by atoms with Crippen LogP contribution in [-0.4, -0.2) is 11.4 Å². The van der Waals surface area contributed by atoms with Crippen LogP contribution in [0.25, 0.3) is 0 Å². The summed E-state index contributed by atoms with van der Waals surface area (Å²) >= 11 is 0. The lowest BCUT2D eigenvalue weighted by molar-refractivity contribution is 0.0746. The summed E-state index contributed by atoms with van der Waals surface area (Å²) in [4.78, 5) is 11.3. The number of rotatable bonds is 1. The third-order valence-electron chi connectivity index (χ3n) is 3.13. The van der Waals surface area contributed by atoms with Crippen LogP contribution in [0.5, 0.6) is 5.75 Å². The molecule has 2 heteroatoms. The van der Waals surface area contributed by atoms with Gasteiger partial charge in [0.1, 0.15) is 11.4 Å². The summed E-state index contributed by atoms with van der Waals surface area (Å²) < 4.78 is 5.91. The first-order chi connectivity index (χ1) is 7.39. The molecular formula is C14H18O2. The Labute approximate surface area is 96.6 Å². The Hall–Kier alpha value is -1.31. The zero-order chi connectivity index (χ0) is 11.9. The molecule has 0 bridgehead atoms. The number of carbonyl (C=O) groups excluding carboxylic acids is 1. The quantitative estimate of drug-likeness (QED) is 0.674. The molecule has 1 aliphatic rings. The Morgan fingerprint density at radius 1 is 1.44 bits per heavy atom. The van der Waals surface area contributed by atoms with Crippen LogP contribution in [0.2, 0.25) is 0 Å². The minimum Gasteiger partial charge on any atom is -0.488 e. The number of benzene rings is 1. The molecule has 1 atom stereocenters. The maximum atomic E-state index is 11.3. The van der Waals surface area contributed by atoms with Gasteiger partial charge in [0.15, 0.2) is 5.78 Å². The lowest BCUT2D eigenvalue weighted by Gasteiger charge is -2.36. The van der Waals surface area contributed by atoms with E-state index in [1.54, 1.807) is 6.92 Å². The van der Waals surface area contributed by atoms with Crippen molar-refractivity contribution in [2.45, 2.75) is 45.6 Å². The van der Waals surface area contributed by atoms with Gasteiger partial charge in [-0.3, -0.25) is 4.79 Å². The topological polar surface area (TPSA) is 26.3 Å². The van der Waals surface area contributed by atoms with Gasteiger partial charge in [-0.25, -0.2) is 0 Å². The normalized spacial score (nSPS) is 22.1. The summed E-state index contributed by atoms with van der Waals surface area (Å²) in [6, 6.07) is 5.73. The van der Waals surface area contributed by atoms with Gasteiger partial charge < -0.3 is 4.74 Å². The van der Waals surface area contributed by atoms with Crippen LogP contribution in [0, 0.1) is 0 Å². The van der Waals surface area contributed by atoms with Crippen molar-refractivity contribution in [1.82, 2.24) is 0 Å². The fraction of sp³-hybridized carbons (Fsp3) is 0.500. The SMILES string of the molecule is CC(=O)c1ccc2c(c1)C(C)CC(C)(C)O2. The Balaban J connectivity index is 2.45. The summed E-state index contributed by atoms with van der Waals surface area (Å²) in [5, 5.41) is 0. The van der Waals surface area contributed by atoms with E-state index in [1.165, 1.54) is 0 Å². The van der Waals surface area contributed by atoms with Crippen molar-refractivity contribution in [3.8, 4) is 5.75 Å². The van der Waals surface area contributed by atoms with Crippen molar-refractivity contribution < 1.29 is 9.53 Å². The second-order valence-corrected chi connectivity index (χ2v) is 5.28. The number of hydrogen-bond acceptors (Lipinski definition) is 2. The molecule has 2 nitrogen and oxygen atoms in total. The molecule has 0 N–H and O–H groups in total. The number of Topliss-reactive ketones (excluding diaryl/α,β-unsaturated/α-hetero) is 1. The molecule has 0 saturated heterocycles. The van der Waals surface area contributed by atoms with E-state index in [1.807, 2.05) is 18.2 Å². The van der Waals surface area contributed by atoms with Crippen molar-refractivity contribution in [3.63, 3.8) is 0 Å². The van der Waals surface area contributed by atoms with Gasteiger partial charge in [-0.2, -0.15) is 0 Å². The first kappa shape index (κ1) is 11.2. The van der Waals surface area contributed by atoms with Gasteiger partial charge in [-0.15, -0.1) is 0 Å². The minimum absolute atomic E-state index is 0.107. The molecule has 1 aromatic rings. The van der Waals surface area contributed by atoms with Gasteiger partial charge >= 0.3 is 0 Å². The molecule has 1 heterocycles. The molecule has 0 aliphatic carbocycles. The zero-order valence-electron chi connectivity index (χ0n) is 10.3. The number of ether oxygens (including phenoxy) is 1. The van der Waals surface area contributed by atoms with Gasteiger partial charge in [0.2, 0.25) is 0 Å². The van der Waals surface area contributed by atoms with E-state index in [9.17, 15) is 4.79 Å². The van der Waals surface area contributed by atoms with Crippen LogP contribution < -0.4 is 4.74 Å². The predicted molar refractivity (Wildman–Crippen MR) is 64.2 cm³/mol. The summed E-state index contributed by atoms with van der Waals surface area (Å²) in [6.45, 7) is 7.99. The third-order valence-corrected chi connectivity index (χ3v) is 3.13. The van der Waals surface area contributed by atoms with E-state index in [-0.39, 0.29) is 11.4 Å². The molecule has 1 aromatic carbocycles. The molecule has 0 fully saturated rings. The Morgan fingerprint density at radius 3 is 2.75 bits per heavy atom. The van der Waals surface area contributed by atoms with Gasteiger partial charge in [-0.1, -0.05) is 6.92 Å². The van der Waals surface area contributed by atoms with Crippen LogP contribution in [-0.2, 0) is 0 Å². The lowest BCUT2D eigenvalue weighted by Crippen LogP contribution is -2.34. The highest BCUT2D eigenvalue weighted by molar-refractivity contribution is 5.94. The number of ketones is 1. The summed E-state index contributed by atoms with van der Waals surface area (Å²) in [7, 11) is 0. The average molecular weight is 218 g/mol. The average Bonchev–Trinajstić information content (AvgIpc) is 2.15. The molecular weight excluding hydrogens is 200 g/mol. The fourth-order valence-corrected chi connectivity index (χ4v) is 2.43. The van der Waals surface area contributed by atoms with Crippen LogP contribution in [0.4, 0.5) is 0 Å². The summed E-state index contributed by atoms with van der Waals surface area (Å²) in [6.07, 6.45) is 0.987. The van der Waals surface area contributed by atoms with Crippen LogP contribution in [0.3, 0.4) is 0 Å². The lowest BCUT2D eigenvalue weighted by atomic mass is 9.85. The maximum absolute atomic E-state index is 11.3. The third kappa shape index (κ3) is 1.97. The number of hydrogen-bond donors (Lipinski definition) is 0. The van der Waals surface area contributed by atoms with Crippen molar-refractivity contribution in [2.24, 2.45) is 0 Å². The molecule has 0 spiro atoms. The first-order valence-electron chi connectivity index (χ1n) is 5.73. The smallest absolute Gasteiger partial charge is 0.159 e. The predicted octanol–water partition coefficient (Wildman–Crippen LogP) is 3.55. The van der Waals surface area contributed by atoms with Crippen molar-refractivity contribution >= 4 is 5.78 Å². The highest BCUT2D eigenvalue weighted by Crippen LogP contribution is 2.40. The van der Waals surface area contributed by atoms with E-state index in [0.29, 0.717) is 5.92 Å². The minimum atomic E-state index is -0.107. The fourth-order valence-electron chi connectivity index (χ4n) is 2.43.